The summed E-state index contributed by atoms with van der Waals surface area (Å²) in [5, 5.41) is 2.68. The van der Waals surface area contributed by atoms with Gasteiger partial charge in [-0.05, 0) is 74.5 Å². The molecule has 1 saturated heterocycles. The number of nitrogens with one attached hydrogen (secondary N) is 1. The van der Waals surface area contributed by atoms with Crippen LogP contribution in [0.1, 0.15) is 34.7 Å². The van der Waals surface area contributed by atoms with Gasteiger partial charge in [0.2, 0.25) is 0 Å². The minimum absolute atomic E-state index is 0.00106. The highest BCUT2D eigenvalue weighted by atomic mass is 79.9. The number of carbonyl (C=O) groups excluding carboxylic acids is 2. The third kappa shape index (κ3) is 5.52. The summed E-state index contributed by atoms with van der Waals surface area (Å²) in [6.07, 6.45) is 2.26. The number of halogens is 1. The fourth-order valence-corrected chi connectivity index (χ4v) is 5.06. The number of rotatable bonds is 6. The molecule has 2 amide bonds. The Hall–Kier alpha value is -3.29. The van der Waals surface area contributed by atoms with E-state index in [0.717, 1.165) is 10.0 Å². The summed E-state index contributed by atoms with van der Waals surface area (Å²) in [6, 6.07) is 19.2. The summed E-state index contributed by atoms with van der Waals surface area (Å²) in [5.74, 6) is -0.300. The van der Waals surface area contributed by atoms with E-state index in [1.54, 1.807) is 18.2 Å². The van der Waals surface area contributed by atoms with Gasteiger partial charge in [-0.3, -0.25) is 19.8 Å². The van der Waals surface area contributed by atoms with Crippen LogP contribution in [-0.2, 0) is 16.0 Å². The van der Waals surface area contributed by atoms with Crippen LogP contribution in [0.15, 0.2) is 70.7 Å². The average molecular weight is 549 g/mol. The molecule has 0 aromatic heterocycles. The van der Waals surface area contributed by atoms with E-state index >= 15 is 0 Å². The maximum absolute atomic E-state index is 13.3. The zero-order valence-corrected chi connectivity index (χ0v) is 22.1. The van der Waals surface area contributed by atoms with Gasteiger partial charge in [0, 0.05) is 16.5 Å². The zero-order valence-electron chi connectivity index (χ0n) is 19.7. The number of nitrogens with zero attached hydrogens (tertiary/aromatic N) is 1. The summed E-state index contributed by atoms with van der Waals surface area (Å²) >= 11 is 8.96. The van der Waals surface area contributed by atoms with Gasteiger partial charge in [0.05, 0.1) is 12.3 Å². The molecule has 3 aromatic carbocycles. The molecule has 0 bridgehead atoms. The van der Waals surface area contributed by atoms with Gasteiger partial charge in [-0.25, -0.2) is 0 Å². The molecule has 0 aliphatic carbocycles. The largest absolute Gasteiger partial charge is 0.494 e. The van der Waals surface area contributed by atoms with Crippen molar-refractivity contribution in [2.45, 2.75) is 27.2 Å². The van der Waals surface area contributed by atoms with Crippen molar-refractivity contribution in [1.82, 2.24) is 5.32 Å². The third-order valence-electron chi connectivity index (χ3n) is 5.57. The molecule has 1 fully saturated rings. The first-order valence-corrected chi connectivity index (χ1v) is 12.5. The highest BCUT2D eigenvalue weighted by molar-refractivity contribution is 9.10. The molecule has 1 N–H and O–H groups in total. The Balaban J connectivity index is 1.72. The van der Waals surface area contributed by atoms with Crippen LogP contribution in [0.4, 0.5) is 5.69 Å². The Bertz CT molecular complexity index is 1330. The second kappa shape index (κ2) is 10.5. The van der Waals surface area contributed by atoms with Crippen molar-refractivity contribution >= 4 is 56.8 Å². The first kappa shape index (κ1) is 24.8. The van der Waals surface area contributed by atoms with Gasteiger partial charge in [0.15, 0.2) is 5.11 Å². The molecule has 0 atom stereocenters. The quantitative estimate of drug-likeness (QED) is 0.237. The lowest BCUT2D eigenvalue weighted by Gasteiger charge is -2.28. The highest BCUT2D eigenvalue weighted by Crippen LogP contribution is 2.33. The molecule has 3 aromatic rings. The SMILES string of the molecule is CCOc1cc(/C=C2/C(=O)NC(=S)N(c3ccccc3)C2=O)cc(Br)c1Cc1cc(C)cc(C)c1. The van der Waals surface area contributed by atoms with Crippen LogP contribution in [0.5, 0.6) is 5.75 Å². The van der Waals surface area contributed by atoms with E-state index in [0.29, 0.717) is 30.0 Å². The smallest absolute Gasteiger partial charge is 0.270 e. The Morgan fingerprint density at radius 1 is 1.03 bits per heavy atom. The number of thiocarbonyl (C=S) groups is 1. The summed E-state index contributed by atoms with van der Waals surface area (Å²) in [4.78, 5) is 27.3. The predicted octanol–water partition coefficient (Wildman–Crippen LogP) is 5.89. The lowest BCUT2D eigenvalue weighted by atomic mass is 9.98. The average Bonchev–Trinajstić information content (AvgIpc) is 2.79. The molecular weight excluding hydrogens is 524 g/mol. The normalized spacial score (nSPS) is 14.9. The van der Waals surface area contributed by atoms with Crippen molar-refractivity contribution in [3.05, 3.63) is 98.5 Å². The minimum Gasteiger partial charge on any atom is -0.494 e. The van der Waals surface area contributed by atoms with Gasteiger partial charge < -0.3 is 4.74 Å². The number of amides is 2. The summed E-state index contributed by atoms with van der Waals surface area (Å²) in [7, 11) is 0. The van der Waals surface area contributed by atoms with Gasteiger partial charge in [-0.2, -0.15) is 0 Å². The van der Waals surface area contributed by atoms with Crippen LogP contribution in [0.25, 0.3) is 6.08 Å². The Kier molecular flexibility index (Phi) is 7.48. The molecule has 0 spiro atoms. The van der Waals surface area contributed by atoms with E-state index in [-0.39, 0.29) is 10.7 Å². The number of hydrogen-bond acceptors (Lipinski definition) is 4. The van der Waals surface area contributed by atoms with Crippen LogP contribution >= 0.6 is 28.1 Å². The van der Waals surface area contributed by atoms with Gasteiger partial charge in [0.25, 0.3) is 11.8 Å². The van der Waals surface area contributed by atoms with E-state index < -0.39 is 11.8 Å². The van der Waals surface area contributed by atoms with E-state index in [1.807, 2.05) is 37.3 Å². The lowest BCUT2D eigenvalue weighted by Crippen LogP contribution is -2.54. The Morgan fingerprint density at radius 3 is 2.37 bits per heavy atom. The number of hydrogen-bond donors (Lipinski definition) is 1. The monoisotopic (exact) mass is 548 g/mol. The van der Waals surface area contributed by atoms with Crippen molar-refractivity contribution in [2.75, 3.05) is 11.5 Å². The molecule has 0 saturated carbocycles. The molecule has 4 rings (SSSR count). The highest BCUT2D eigenvalue weighted by Gasteiger charge is 2.34. The van der Waals surface area contributed by atoms with Crippen LogP contribution in [-0.4, -0.2) is 23.5 Å². The molecular formula is C28H25BrN2O3S. The van der Waals surface area contributed by atoms with Crippen LogP contribution in [0.2, 0.25) is 0 Å². The maximum atomic E-state index is 13.3. The van der Waals surface area contributed by atoms with Crippen molar-refractivity contribution < 1.29 is 14.3 Å². The van der Waals surface area contributed by atoms with E-state index in [9.17, 15) is 9.59 Å². The molecule has 7 heteroatoms. The summed E-state index contributed by atoms with van der Waals surface area (Å²) < 4.78 is 6.81. The molecule has 0 unspecified atom stereocenters. The van der Waals surface area contributed by atoms with Crippen LogP contribution < -0.4 is 15.0 Å². The first-order chi connectivity index (χ1) is 16.8. The molecule has 1 aliphatic heterocycles. The molecule has 0 radical (unpaired) electrons. The number of aryl methyl sites for hydroxylation is 2. The second-order valence-electron chi connectivity index (χ2n) is 8.38. The second-order valence-corrected chi connectivity index (χ2v) is 9.62. The summed E-state index contributed by atoms with van der Waals surface area (Å²) in [5.41, 5.74) is 5.86. The molecule has 1 heterocycles. The van der Waals surface area contributed by atoms with E-state index in [2.05, 4.69) is 53.3 Å². The number of ether oxygens (including phenoxy) is 1. The number of anilines is 1. The lowest BCUT2D eigenvalue weighted by molar-refractivity contribution is -0.122. The van der Waals surface area contributed by atoms with Crippen molar-refractivity contribution in [1.29, 1.82) is 0 Å². The van der Waals surface area contributed by atoms with Gasteiger partial charge in [-0.15, -0.1) is 0 Å². The fraction of sp³-hybridized carbons (Fsp3) is 0.179. The molecule has 1 aliphatic rings. The van der Waals surface area contributed by atoms with Crippen LogP contribution in [0, 0.1) is 13.8 Å². The Morgan fingerprint density at radius 2 is 1.71 bits per heavy atom. The first-order valence-electron chi connectivity index (χ1n) is 11.3. The van der Waals surface area contributed by atoms with Crippen molar-refractivity contribution in [3.63, 3.8) is 0 Å². The number of carbonyl (C=O) groups is 2. The fourth-order valence-electron chi connectivity index (χ4n) is 4.18. The van der Waals surface area contributed by atoms with Gasteiger partial charge in [0.1, 0.15) is 11.3 Å². The minimum atomic E-state index is -0.527. The number of para-hydroxylation sites is 1. The zero-order chi connectivity index (χ0) is 25.1. The standard InChI is InChI=1S/C28H25BrN2O3S/c1-4-34-25-16-20(15-24(29)22(25)13-19-11-17(2)10-18(3)12-19)14-23-26(32)30-28(35)31(27(23)33)21-8-6-5-7-9-21/h5-12,14-16H,4,13H2,1-3H3,(H,30,32,35)/b23-14-. The van der Waals surface area contributed by atoms with Crippen LogP contribution in [0.3, 0.4) is 0 Å². The molecule has 5 nitrogen and oxygen atoms in total. The molecule has 178 valence electrons. The van der Waals surface area contributed by atoms with E-state index in [1.165, 1.54) is 21.6 Å². The van der Waals surface area contributed by atoms with Gasteiger partial charge in [-0.1, -0.05) is 63.5 Å². The number of benzene rings is 3. The topological polar surface area (TPSA) is 58.6 Å². The molecule has 35 heavy (non-hydrogen) atoms. The van der Waals surface area contributed by atoms with Crippen molar-refractivity contribution in [2.24, 2.45) is 0 Å². The van der Waals surface area contributed by atoms with E-state index in [4.69, 9.17) is 17.0 Å². The predicted molar refractivity (Wildman–Crippen MR) is 147 cm³/mol. The Labute approximate surface area is 218 Å². The van der Waals surface area contributed by atoms with Gasteiger partial charge >= 0.3 is 0 Å². The maximum Gasteiger partial charge on any atom is 0.270 e. The third-order valence-corrected chi connectivity index (χ3v) is 6.56. The van der Waals surface area contributed by atoms with Crippen molar-refractivity contribution in [3.8, 4) is 5.75 Å². The summed E-state index contributed by atoms with van der Waals surface area (Å²) in [6.45, 7) is 6.58.